The maximum absolute atomic E-state index is 12.9. The summed E-state index contributed by atoms with van der Waals surface area (Å²) in [6, 6.07) is 10.9. The van der Waals surface area contributed by atoms with Crippen molar-refractivity contribution in [1.29, 1.82) is 0 Å². The number of carbonyl (C=O) groups excluding carboxylic acids is 2. The van der Waals surface area contributed by atoms with Gasteiger partial charge in [0.25, 0.3) is 0 Å². The minimum atomic E-state index is -0.851. The number of hydrogen-bond donors (Lipinski definition) is 0. The van der Waals surface area contributed by atoms with Crippen LogP contribution in [-0.4, -0.2) is 11.9 Å². The Morgan fingerprint density at radius 3 is 2.41 bits per heavy atom. The van der Waals surface area contributed by atoms with E-state index in [0.29, 0.717) is 11.1 Å². The summed E-state index contributed by atoms with van der Waals surface area (Å²) >= 11 is 0. The van der Waals surface area contributed by atoms with Crippen LogP contribution in [0, 0.1) is 11.6 Å². The fraction of sp³-hybridized carbons (Fsp3) is 0.0588. The second kappa shape index (κ2) is 7.26. The summed E-state index contributed by atoms with van der Waals surface area (Å²) in [7, 11) is 0. The predicted molar refractivity (Wildman–Crippen MR) is 76.6 cm³/mol. The van der Waals surface area contributed by atoms with Crippen LogP contribution in [0.2, 0.25) is 0 Å². The first-order valence-electron chi connectivity index (χ1n) is 6.45. The number of halogens is 2. The van der Waals surface area contributed by atoms with Gasteiger partial charge in [-0.3, -0.25) is 4.79 Å². The first kappa shape index (κ1) is 15.6. The number of benzene rings is 2. The van der Waals surface area contributed by atoms with Gasteiger partial charge in [-0.1, -0.05) is 24.3 Å². The van der Waals surface area contributed by atoms with E-state index in [1.165, 1.54) is 48.5 Å². The Kier molecular flexibility index (Phi) is 5.14. The van der Waals surface area contributed by atoms with Crippen molar-refractivity contribution in [2.45, 2.75) is 6.42 Å². The molecule has 0 saturated carbocycles. The lowest BCUT2D eigenvalue weighted by molar-refractivity contribution is -0.155. The van der Waals surface area contributed by atoms with Crippen molar-refractivity contribution in [2.24, 2.45) is 0 Å². The smallest absolute Gasteiger partial charge is 0.338 e. The van der Waals surface area contributed by atoms with Crippen molar-refractivity contribution in [3.63, 3.8) is 0 Å². The van der Waals surface area contributed by atoms with Crippen LogP contribution in [-0.2, 0) is 20.7 Å². The second-order valence-electron chi connectivity index (χ2n) is 4.48. The van der Waals surface area contributed by atoms with Gasteiger partial charge in [-0.05, 0) is 41.5 Å². The molecule has 0 aliphatic heterocycles. The van der Waals surface area contributed by atoms with Crippen molar-refractivity contribution >= 4 is 18.0 Å². The third kappa shape index (κ3) is 4.94. The van der Waals surface area contributed by atoms with Crippen molar-refractivity contribution in [3.8, 4) is 0 Å². The topological polar surface area (TPSA) is 43.4 Å². The summed E-state index contributed by atoms with van der Waals surface area (Å²) in [6.07, 6.45) is 2.24. The highest BCUT2D eigenvalue weighted by atomic mass is 19.1. The van der Waals surface area contributed by atoms with E-state index in [1.54, 1.807) is 6.07 Å². The molecule has 0 heterocycles. The van der Waals surface area contributed by atoms with Crippen LogP contribution >= 0.6 is 0 Å². The van der Waals surface area contributed by atoms with Gasteiger partial charge < -0.3 is 4.74 Å². The standard InChI is InChI=1S/C17H12F2O3/c18-14-7-4-13(5-8-14)11-17(21)22-16(20)9-6-12-2-1-3-15(19)10-12/h1-10H,11H2. The van der Waals surface area contributed by atoms with Crippen LogP contribution in [0.3, 0.4) is 0 Å². The quantitative estimate of drug-likeness (QED) is 0.494. The number of ether oxygens (including phenoxy) is 1. The fourth-order valence-electron chi connectivity index (χ4n) is 1.73. The van der Waals surface area contributed by atoms with Crippen molar-refractivity contribution in [3.05, 3.63) is 77.4 Å². The zero-order valence-corrected chi connectivity index (χ0v) is 11.5. The van der Waals surface area contributed by atoms with Crippen LogP contribution in [0.4, 0.5) is 8.78 Å². The van der Waals surface area contributed by atoms with E-state index in [1.807, 2.05) is 0 Å². The Morgan fingerprint density at radius 1 is 1.00 bits per heavy atom. The Balaban J connectivity index is 1.88. The Labute approximate surface area is 125 Å². The maximum atomic E-state index is 12.9. The molecule has 2 aromatic rings. The van der Waals surface area contributed by atoms with Gasteiger partial charge >= 0.3 is 11.9 Å². The molecule has 0 spiro atoms. The fourth-order valence-corrected chi connectivity index (χ4v) is 1.73. The molecule has 0 bridgehead atoms. The lowest BCUT2D eigenvalue weighted by atomic mass is 10.1. The van der Waals surface area contributed by atoms with Gasteiger partial charge in [-0.2, -0.15) is 0 Å². The molecule has 2 aromatic carbocycles. The monoisotopic (exact) mass is 302 g/mol. The molecule has 0 radical (unpaired) electrons. The first-order chi connectivity index (χ1) is 10.5. The highest BCUT2D eigenvalue weighted by Gasteiger charge is 2.09. The van der Waals surface area contributed by atoms with Crippen LogP contribution in [0.5, 0.6) is 0 Å². The van der Waals surface area contributed by atoms with Crippen LogP contribution in [0.15, 0.2) is 54.6 Å². The van der Waals surface area contributed by atoms with Crippen LogP contribution in [0.25, 0.3) is 6.08 Å². The predicted octanol–water partition coefficient (Wildman–Crippen LogP) is 3.29. The van der Waals surface area contributed by atoms with E-state index in [4.69, 9.17) is 0 Å². The summed E-state index contributed by atoms with van der Waals surface area (Å²) in [5, 5.41) is 0. The van der Waals surface area contributed by atoms with Gasteiger partial charge in [0.1, 0.15) is 11.6 Å². The summed E-state index contributed by atoms with van der Waals surface area (Å²) in [5.41, 5.74) is 1.01. The van der Waals surface area contributed by atoms with Crippen molar-refractivity contribution in [1.82, 2.24) is 0 Å². The molecular weight excluding hydrogens is 290 g/mol. The highest BCUT2D eigenvalue weighted by molar-refractivity contribution is 5.95. The molecule has 0 aliphatic rings. The van der Waals surface area contributed by atoms with E-state index >= 15 is 0 Å². The molecule has 0 aliphatic carbocycles. The molecule has 0 saturated heterocycles. The normalized spacial score (nSPS) is 10.6. The third-order valence-corrected chi connectivity index (χ3v) is 2.74. The maximum Gasteiger partial charge on any atom is 0.338 e. The minimum absolute atomic E-state index is 0.139. The Morgan fingerprint density at radius 2 is 1.73 bits per heavy atom. The van der Waals surface area contributed by atoms with Crippen LogP contribution in [0.1, 0.15) is 11.1 Å². The average Bonchev–Trinajstić information content (AvgIpc) is 2.47. The molecule has 22 heavy (non-hydrogen) atoms. The third-order valence-electron chi connectivity index (χ3n) is 2.74. The molecule has 0 fully saturated rings. The largest absolute Gasteiger partial charge is 0.390 e. The van der Waals surface area contributed by atoms with E-state index in [9.17, 15) is 18.4 Å². The molecule has 0 N–H and O–H groups in total. The average molecular weight is 302 g/mol. The van der Waals surface area contributed by atoms with E-state index < -0.39 is 23.6 Å². The summed E-state index contributed by atoms with van der Waals surface area (Å²) < 4.78 is 30.2. The Bertz CT molecular complexity index is 706. The molecule has 0 aromatic heterocycles. The van der Waals surface area contributed by atoms with Gasteiger partial charge in [0, 0.05) is 6.08 Å². The SMILES string of the molecule is O=C(C=Cc1cccc(F)c1)OC(=O)Cc1ccc(F)cc1. The van der Waals surface area contributed by atoms with Gasteiger partial charge in [0.2, 0.25) is 0 Å². The molecule has 5 heteroatoms. The zero-order valence-electron chi connectivity index (χ0n) is 11.5. The number of esters is 2. The van der Waals surface area contributed by atoms with Gasteiger partial charge in [-0.15, -0.1) is 0 Å². The summed E-state index contributed by atoms with van der Waals surface area (Å²) in [5.74, 6) is -2.44. The van der Waals surface area contributed by atoms with Gasteiger partial charge in [0.05, 0.1) is 6.42 Å². The van der Waals surface area contributed by atoms with E-state index in [0.717, 1.165) is 6.08 Å². The zero-order chi connectivity index (χ0) is 15.9. The minimum Gasteiger partial charge on any atom is -0.390 e. The van der Waals surface area contributed by atoms with Gasteiger partial charge in [-0.25, -0.2) is 13.6 Å². The van der Waals surface area contributed by atoms with Crippen LogP contribution < -0.4 is 0 Å². The number of hydrogen-bond acceptors (Lipinski definition) is 3. The molecule has 2 rings (SSSR count). The number of carbonyl (C=O) groups is 2. The molecule has 0 unspecified atom stereocenters. The van der Waals surface area contributed by atoms with E-state index in [2.05, 4.69) is 4.74 Å². The second-order valence-corrected chi connectivity index (χ2v) is 4.48. The van der Waals surface area contributed by atoms with Crippen molar-refractivity contribution < 1.29 is 23.1 Å². The highest BCUT2D eigenvalue weighted by Crippen LogP contribution is 2.07. The summed E-state index contributed by atoms with van der Waals surface area (Å²) in [6.45, 7) is 0. The number of rotatable bonds is 4. The summed E-state index contributed by atoms with van der Waals surface area (Å²) in [4.78, 5) is 23.0. The molecule has 112 valence electrons. The van der Waals surface area contributed by atoms with E-state index in [-0.39, 0.29) is 6.42 Å². The van der Waals surface area contributed by atoms with Gasteiger partial charge in [0.15, 0.2) is 0 Å². The molecule has 0 amide bonds. The molecule has 3 nitrogen and oxygen atoms in total. The Hall–Kier alpha value is -2.82. The first-order valence-corrected chi connectivity index (χ1v) is 6.45. The lowest BCUT2D eigenvalue weighted by Gasteiger charge is -2.01. The molecule has 0 atom stereocenters. The van der Waals surface area contributed by atoms with Crippen molar-refractivity contribution in [2.75, 3.05) is 0 Å². The molecular formula is C17H12F2O3. The lowest BCUT2D eigenvalue weighted by Crippen LogP contribution is -2.12.